The van der Waals surface area contributed by atoms with Crippen molar-refractivity contribution in [3.63, 3.8) is 0 Å². The van der Waals surface area contributed by atoms with Crippen LogP contribution in [0.2, 0.25) is 0 Å². The van der Waals surface area contributed by atoms with E-state index < -0.39 is 5.60 Å². The van der Waals surface area contributed by atoms with Gasteiger partial charge in [0.15, 0.2) is 0 Å². The highest BCUT2D eigenvalue weighted by atomic mass is 16.5. The van der Waals surface area contributed by atoms with Crippen molar-refractivity contribution in [1.29, 1.82) is 0 Å². The Morgan fingerprint density at radius 1 is 0.395 bits per heavy atom. The SMILES string of the molecule is c1ccc(COCCCCCCCCCCOC(c2ccccc2)(c2ccccc2)c2ccccc2)cc1. The first-order valence-electron chi connectivity index (χ1n) is 14.3. The largest absolute Gasteiger partial charge is 0.377 e. The van der Waals surface area contributed by atoms with Gasteiger partial charge in [0.1, 0.15) is 5.60 Å². The Kier molecular flexibility index (Phi) is 11.7. The second-order valence-electron chi connectivity index (χ2n) is 9.99. The fraction of sp³-hybridized carbons (Fsp3) is 0.333. The van der Waals surface area contributed by atoms with Gasteiger partial charge < -0.3 is 9.47 Å². The summed E-state index contributed by atoms with van der Waals surface area (Å²) in [6, 6.07) is 42.4. The van der Waals surface area contributed by atoms with Crippen molar-refractivity contribution in [3.8, 4) is 0 Å². The van der Waals surface area contributed by atoms with Gasteiger partial charge in [-0.1, -0.05) is 160 Å². The number of ether oxygens (including phenoxy) is 2. The molecular formula is C36H42O2. The van der Waals surface area contributed by atoms with Gasteiger partial charge in [0.25, 0.3) is 0 Å². The highest BCUT2D eigenvalue weighted by Gasteiger charge is 2.37. The van der Waals surface area contributed by atoms with Crippen molar-refractivity contribution in [3.05, 3.63) is 144 Å². The van der Waals surface area contributed by atoms with E-state index in [4.69, 9.17) is 9.47 Å². The molecule has 4 aromatic carbocycles. The molecule has 0 aromatic heterocycles. The van der Waals surface area contributed by atoms with E-state index in [1.165, 1.54) is 60.8 Å². The zero-order valence-corrected chi connectivity index (χ0v) is 22.6. The lowest BCUT2D eigenvalue weighted by Crippen LogP contribution is -2.33. The third-order valence-electron chi connectivity index (χ3n) is 7.15. The van der Waals surface area contributed by atoms with E-state index in [0.29, 0.717) is 0 Å². The van der Waals surface area contributed by atoms with Crippen molar-refractivity contribution in [1.82, 2.24) is 0 Å². The maximum atomic E-state index is 6.89. The Bertz CT molecular complexity index is 1030. The molecule has 0 amide bonds. The fourth-order valence-electron chi connectivity index (χ4n) is 5.12. The maximum Gasteiger partial charge on any atom is 0.143 e. The lowest BCUT2D eigenvalue weighted by atomic mass is 9.80. The minimum Gasteiger partial charge on any atom is -0.377 e. The first-order chi connectivity index (χ1) is 18.9. The quantitative estimate of drug-likeness (QED) is 0.105. The Morgan fingerprint density at radius 3 is 1.21 bits per heavy atom. The second kappa shape index (κ2) is 15.9. The molecular weight excluding hydrogens is 464 g/mol. The predicted octanol–water partition coefficient (Wildman–Crippen LogP) is 9.33. The minimum absolute atomic E-state index is 0.605. The molecule has 0 N–H and O–H groups in total. The van der Waals surface area contributed by atoms with Crippen LogP contribution in [-0.4, -0.2) is 13.2 Å². The van der Waals surface area contributed by atoms with E-state index in [2.05, 4.69) is 115 Å². The van der Waals surface area contributed by atoms with E-state index in [1.54, 1.807) is 0 Å². The van der Waals surface area contributed by atoms with Crippen LogP contribution in [0.5, 0.6) is 0 Å². The number of benzene rings is 4. The fourth-order valence-corrected chi connectivity index (χ4v) is 5.12. The molecule has 4 rings (SSSR count). The summed E-state index contributed by atoms with van der Waals surface area (Å²) in [7, 11) is 0. The highest BCUT2D eigenvalue weighted by molar-refractivity contribution is 5.47. The predicted molar refractivity (Wildman–Crippen MR) is 158 cm³/mol. The van der Waals surface area contributed by atoms with Crippen LogP contribution in [-0.2, 0) is 21.7 Å². The molecule has 38 heavy (non-hydrogen) atoms. The maximum absolute atomic E-state index is 6.89. The van der Waals surface area contributed by atoms with E-state index in [1.807, 2.05) is 6.07 Å². The molecule has 0 spiro atoms. The molecule has 198 valence electrons. The van der Waals surface area contributed by atoms with Crippen molar-refractivity contribution >= 4 is 0 Å². The first kappa shape index (κ1) is 27.8. The molecule has 0 saturated carbocycles. The van der Waals surface area contributed by atoms with Gasteiger partial charge in [-0.15, -0.1) is 0 Å². The lowest BCUT2D eigenvalue weighted by molar-refractivity contribution is 0.0106. The van der Waals surface area contributed by atoms with Crippen molar-refractivity contribution in [2.75, 3.05) is 13.2 Å². The van der Waals surface area contributed by atoms with Gasteiger partial charge in [-0.25, -0.2) is 0 Å². The monoisotopic (exact) mass is 506 g/mol. The van der Waals surface area contributed by atoms with Crippen LogP contribution in [0.3, 0.4) is 0 Å². The third-order valence-corrected chi connectivity index (χ3v) is 7.15. The van der Waals surface area contributed by atoms with Crippen LogP contribution in [0.15, 0.2) is 121 Å². The molecule has 0 fully saturated rings. The average Bonchev–Trinajstić information content (AvgIpc) is 2.99. The van der Waals surface area contributed by atoms with Gasteiger partial charge in [-0.05, 0) is 35.1 Å². The smallest absolute Gasteiger partial charge is 0.143 e. The summed E-state index contributed by atoms with van der Waals surface area (Å²) < 4.78 is 12.7. The van der Waals surface area contributed by atoms with Gasteiger partial charge in [0, 0.05) is 13.2 Å². The molecule has 4 aromatic rings. The zero-order valence-electron chi connectivity index (χ0n) is 22.6. The Labute approximate surface area is 229 Å². The van der Waals surface area contributed by atoms with Crippen LogP contribution >= 0.6 is 0 Å². The molecule has 2 heteroatoms. The Morgan fingerprint density at radius 2 is 0.763 bits per heavy atom. The summed E-state index contributed by atoms with van der Waals surface area (Å²) in [5, 5.41) is 0. The van der Waals surface area contributed by atoms with Gasteiger partial charge in [-0.3, -0.25) is 0 Å². The van der Waals surface area contributed by atoms with Gasteiger partial charge in [-0.2, -0.15) is 0 Å². The lowest BCUT2D eigenvalue weighted by Gasteiger charge is -2.36. The van der Waals surface area contributed by atoms with Crippen LogP contribution in [0.1, 0.15) is 73.6 Å². The summed E-state index contributed by atoms with van der Waals surface area (Å²) in [5.41, 5.74) is 4.16. The van der Waals surface area contributed by atoms with E-state index in [9.17, 15) is 0 Å². The van der Waals surface area contributed by atoms with Crippen LogP contribution in [0, 0.1) is 0 Å². The Balaban J connectivity index is 1.19. The van der Waals surface area contributed by atoms with Gasteiger partial charge in [0.05, 0.1) is 6.61 Å². The molecule has 0 aliphatic carbocycles. The molecule has 0 atom stereocenters. The molecule has 0 radical (unpaired) electrons. The molecule has 0 aliphatic rings. The van der Waals surface area contributed by atoms with E-state index in [-0.39, 0.29) is 0 Å². The average molecular weight is 507 g/mol. The third kappa shape index (κ3) is 8.15. The summed E-state index contributed by atoms with van der Waals surface area (Å²) in [6.07, 6.45) is 9.85. The van der Waals surface area contributed by atoms with Gasteiger partial charge >= 0.3 is 0 Å². The van der Waals surface area contributed by atoms with Crippen LogP contribution in [0.25, 0.3) is 0 Å². The second-order valence-corrected chi connectivity index (χ2v) is 9.99. The van der Waals surface area contributed by atoms with E-state index in [0.717, 1.165) is 32.7 Å². The van der Waals surface area contributed by atoms with Crippen LogP contribution in [0.4, 0.5) is 0 Å². The standard InChI is InChI=1S/C36H42O2/c1(3-5-19-29-37-31-32-21-11-7-12-22-32)2-4-6-20-30-38-36(33-23-13-8-14-24-33,34-25-15-9-16-26-34)35-27-17-10-18-28-35/h7-18,21-28H,1-6,19-20,29-31H2. The number of hydrogen-bond donors (Lipinski definition) is 0. The first-order valence-corrected chi connectivity index (χ1v) is 14.3. The number of hydrogen-bond acceptors (Lipinski definition) is 2. The zero-order chi connectivity index (χ0) is 26.1. The molecule has 0 heterocycles. The molecule has 0 saturated heterocycles. The topological polar surface area (TPSA) is 18.5 Å². The molecule has 0 aliphatic heterocycles. The number of rotatable bonds is 17. The summed E-state index contributed by atoms with van der Waals surface area (Å²) in [4.78, 5) is 0. The van der Waals surface area contributed by atoms with Crippen LogP contribution < -0.4 is 0 Å². The molecule has 0 bridgehead atoms. The molecule has 0 unspecified atom stereocenters. The summed E-state index contributed by atoms with van der Waals surface area (Å²) in [5.74, 6) is 0. The van der Waals surface area contributed by atoms with Crippen molar-refractivity contribution in [2.45, 2.75) is 63.6 Å². The summed E-state index contributed by atoms with van der Waals surface area (Å²) in [6.45, 7) is 2.32. The van der Waals surface area contributed by atoms with Crippen molar-refractivity contribution in [2.24, 2.45) is 0 Å². The molecule has 2 nitrogen and oxygen atoms in total. The summed E-state index contributed by atoms with van der Waals surface area (Å²) >= 11 is 0. The highest BCUT2D eigenvalue weighted by Crippen LogP contribution is 2.40. The Hall–Kier alpha value is -3.20. The normalized spacial score (nSPS) is 11.5. The van der Waals surface area contributed by atoms with Crippen molar-refractivity contribution < 1.29 is 9.47 Å². The van der Waals surface area contributed by atoms with E-state index >= 15 is 0 Å². The van der Waals surface area contributed by atoms with Gasteiger partial charge in [0.2, 0.25) is 0 Å². The number of unbranched alkanes of at least 4 members (excludes halogenated alkanes) is 7. The minimum atomic E-state index is -0.605.